The summed E-state index contributed by atoms with van der Waals surface area (Å²) in [6.07, 6.45) is 1.70. The Bertz CT molecular complexity index is 1850. The number of allylic oxidation sites excluding steroid dienone is 1. The van der Waals surface area contributed by atoms with Crippen molar-refractivity contribution in [3.63, 3.8) is 0 Å². The van der Waals surface area contributed by atoms with Gasteiger partial charge >= 0.3 is 5.97 Å². The number of ether oxygens (including phenoxy) is 1. The molecule has 202 valence electrons. The number of aryl methyl sites for hydroxylation is 2. The second kappa shape index (κ2) is 10.8. The van der Waals surface area contributed by atoms with E-state index < -0.39 is 12.0 Å². The van der Waals surface area contributed by atoms with E-state index in [-0.39, 0.29) is 17.0 Å². The third kappa shape index (κ3) is 5.11. The molecule has 1 amide bonds. The largest absolute Gasteiger partial charge is 0.497 e. The zero-order chi connectivity index (χ0) is 28.6. The maximum Gasteiger partial charge on any atom is 0.335 e. The van der Waals surface area contributed by atoms with Gasteiger partial charge < -0.3 is 15.2 Å². The average Bonchev–Trinajstić information content (AvgIpc) is 3.23. The number of methoxy groups -OCH3 is 1. The normalized spacial score (nSPS) is 14.9. The summed E-state index contributed by atoms with van der Waals surface area (Å²) in [5.74, 6) is -0.706. The molecule has 1 atom stereocenters. The van der Waals surface area contributed by atoms with E-state index in [0.29, 0.717) is 37.6 Å². The van der Waals surface area contributed by atoms with Crippen molar-refractivity contribution in [2.24, 2.45) is 4.99 Å². The topological polar surface area (TPSA) is 110 Å². The summed E-state index contributed by atoms with van der Waals surface area (Å²) >= 11 is 1.22. The molecule has 0 saturated heterocycles. The van der Waals surface area contributed by atoms with Crippen molar-refractivity contribution in [2.45, 2.75) is 26.8 Å². The maximum absolute atomic E-state index is 13.8. The number of aromatic carboxylic acids is 1. The van der Waals surface area contributed by atoms with Gasteiger partial charge in [0.2, 0.25) is 0 Å². The van der Waals surface area contributed by atoms with E-state index in [1.54, 1.807) is 48.9 Å². The van der Waals surface area contributed by atoms with E-state index in [1.807, 2.05) is 44.2 Å². The van der Waals surface area contributed by atoms with Crippen molar-refractivity contribution in [3.8, 4) is 5.75 Å². The Kier molecular flexibility index (Phi) is 7.23. The van der Waals surface area contributed by atoms with Crippen LogP contribution in [0.3, 0.4) is 0 Å². The number of nitrogens with one attached hydrogen (secondary N) is 1. The molecule has 0 radical (unpaired) electrons. The van der Waals surface area contributed by atoms with E-state index in [2.05, 4.69) is 10.3 Å². The van der Waals surface area contributed by atoms with Gasteiger partial charge in [0.25, 0.3) is 11.5 Å². The van der Waals surface area contributed by atoms with Crippen LogP contribution < -0.4 is 24.9 Å². The van der Waals surface area contributed by atoms with Crippen LogP contribution in [0.25, 0.3) is 6.08 Å². The van der Waals surface area contributed by atoms with Crippen LogP contribution in [-0.4, -0.2) is 28.7 Å². The number of carbonyl (C=O) groups excluding carboxylic acids is 1. The molecule has 4 aromatic rings. The lowest BCUT2D eigenvalue weighted by Gasteiger charge is -2.25. The molecule has 1 aromatic heterocycles. The highest BCUT2D eigenvalue weighted by Gasteiger charge is 2.32. The summed E-state index contributed by atoms with van der Waals surface area (Å²) in [5.41, 5.74) is 4.87. The van der Waals surface area contributed by atoms with Crippen LogP contribution >= 0.6 is 11.3 Å². The summed E-state index contributed by atoms with van der Waals surface area (Å²) in [7, 11) is 1.58. The Hall–Kier alpha value is -4.76. The number of amides is 1. The minimum absolute atomic E-state index is 0.160. The summed E-state index contributed by atoms with van der Waals surface area (Å²) < 4.78 is 7.29. The highest BCUT2D eigenvalue weighted by Crippen LogP contribution is 2.32. The number of hydrogen-bond donors (Lipinski definition) is 2. The zero-order valence-corrected chi connectivity index (χ0v) is 23.2. The van der Waals surface area contributed by atoms with Crippen molar-refractivity contribution in [2.75, 3.05) is 12.4 Å². The number of anilines is 1. The van der Waals surface area contributed by atoms with Gasteiger partial charge in [0, 0.05) is 5.69 Å². The monoisotopic (exact) mass is 553 g/mol. The van der Waals surface area contributed by atoms with Crippen molar-refractivity contribution in [3.05, 3.63) is 126 Å². The quantitative estimate of drug-likeness (QED) is 0.372. The number of hydrogen-bond acceptors (Lipinski definition) is 6. The number of benzene rings is 3. The van der Waals surface area contributed by atoms with Gasteiger partial charge in [-0.15, -0.1) is 0 Å². The van der Waals surface area contributed by atoms with Gasteiger partial charge in [-0.3, -0.25) is 14.2 Å². The van der Waals surface area contributed by atoms with Gasteiger partial charge in [0.1, 0.15) is 5.75 Å². The number of nitrogens with zero attached hydrogens (tertiary/aromatic N) is 2. The first-order valence-corrected chi connectivity index (χ1v) is 13.4. The fourth-order valence-electron chi connectivity index (χ4n) is 4.73. The molecule has 0 saturated carbocycles. The molecule has 2 heterocycles. The standard InChI is InChI=1S/C31H27N3O5S/c1-17-5-14-24(18(2)15-17)33-28(35)26-19(3)32-31-34(27(26)21-10-12-23(39-4)13-11-21)29(36)25(40-31)16-20-6-8-22(9-7-20)30(37)38/h5-16,27H,1-4H3,(H,33,35)(H,37,38)/b25-16+/t27-/m0/s1. The summed E-state index contributed by atoms with van der Waals surface area (Å²) in [6.45, 7) is 5.70. The van der Waals surface area contributed by atoms with Crippen LogP contribution in [0.15, 0.2) is 87.8 Å². The number of thiazole rings is 1. The van der Waals surface area contributed by atoms with Crippen LogP contribution in [0.5, 0.6) is 5.75 Å². The molecule has 1 aliphatic heterocycles. The van der Waals surface area contributed by atoms with Crippen molar-refractivity contribution < 1.29 is 19.4 Å². The smallest absolute Gasteiger partial charge is 0.335 e. The van der Waals surface area contributed by atoms with Crippen LogP contribution in [0.1, 0.15) is 45.6 Å². The molecule has 5 rings (SSSR count). The Morgan fingerprint density at radius 1 is 1.02 bits per heavy atom. The van der Waals surface area contributed by atoms with E-state index in [0.717, 1.165) is 16.7 Å². The SMILES string of the molecule is COc1ccc([C@H]2C(C(=O)Nc3ccc(C)cc3C)=C(C)N=c3s/c(=C/c4ccc(C(=O)O)cc4)c(=O)n32)cc1. The summed E-state index contributed by atoms with van der Waals surface area (Å²) in [6, 6.07) is 18.6. The van der Waals surface area contributed by atoms with Crippen molar-refractivity contribution in [1.82, 2.24) is 4.57 Å². The molecule has 1 aliphatic rings. The second-order valence-corrected chi connectivity index (χ2v) is 10.6. The lowest BCUT2D eigenvalue weighted by Crippen LogP contribution is -2.40. The number of carbonyl (C=O) groups is 2. The minimum atomic E-state index is -1.02. The molecule has 2 N–H and O–H groups in total. The molecular weight excluding hydrogens is 526 g/mol. The van der Waals surface area contributed by atoms with E-state index in [4.69, 9.17) is 4.74 Å². The van der Waals surface area contributed by atoms with Gasteiger partial charge in [-0.1, -0.05) is 53.3 Å². The summed E-state index contributed by atoms with van der Waals surface area (Å²) in [4.78, 5) is 44.0. The molecule has 9 heteroatoms. The predicted molar refractivity (Wildman–Crippen MR) is 155 cm³/mol. The Morgan fingerprint density at radius 3 is 2.35 bits per heavy atom. The average molecular weight is 554 g/mol. The number of carboxylic acid groups (broad SMARTS) is 1. The van der Waals surface area contributed by atoms with Crippen LogP contribution in [0.2, 0.25) is 0 Å². The lowest BCUT2D eigenvalue weighted by molar-refractivity contribution is -0.113. The predicted octanol–water partition coefficient (Wildman–Crippen LogP) is 4.20. The van der Waals surface area contributed by atoms with Crippen LogP contribution in [0.4, 0.5) is 5.69 Å². The highest BCUT2D eigenvalue weighted by molar-refractivity contribution is 7.07. The van der Waals surface area contributed by atoms with E-state index in [9.17, 15) is 19.5 Å². The molecule has 0 unspecified atom stereocenters. The number of aromatic nitrogens is 1. The molecule has 0 aliphatic carbocycles. The molecular formula is C31H27N3O5S. The number of fused-ring (bicyclic) bond motifs is 1. The van der Waals surface area contributed by atoms with Crippen molar-refractivity contribution >= 4 is 35.0 Å². The third-order valence-electron chi connectivity index (χ3n) is 6.78. The van der Waals surface area contributed by atoms with Gasteiger partial charge in [0.15, 0.2) is 4.80 Å². The van der Waals surface area contributed by atoms with Gasteiger partial charge in [-0.25, -0.2) is 9.79 Å². The van der Waals surface area contributed by atoms with Crippen LogP contribution in [0, 0.1) is 13.8 Å². The molecule has 40 heavy (non-hydrogen) atoms. The Labute approximate surface area is 234 Å². The third-order valence-corrected chi connectivity index (χ3v) is 7.77. The first-order chi connectivity index (χ1) is 19.2. The highest BCUT2D eigenvalue weighted by atomic mass is 32.1. The molecule has 0 spiro atoms. The molecule has 0 fully saturated rings. The first-order valence-electron chi connectivity index (χ1n) is 12.5. The minimum Gasteiger partial charge on any atom is -0.497 e. The fourth-order valence-corrected chi connectivity index (χ4v) is 5.78. The Morgan fingerprint density at radius 2 is 1.73 bits per heavy atom. The maximum atomic E-state index is 13.8. The summed E-state index contributed by atoms with van der Waals surface area (Å²) in [5, 5.41) is 12.2. The van der Waals surface area contributed by atoms with Crippen molar-refractivity contribution in [1.29, 1.82) is 0 Å². The van der Waals surface area contributed by atoms with Gasteiger partial charge in [-0.05, 0) is 73.9 Å². The lowest BCUT2D eigenvalue weighted by atomic mass is 9.95. The van der Waals surface area contributed by atoms with Gasteiger partial charge in [0.05, 0.1) is 34.5 Å². The zero-order valence-electron chi connectivity index (χ0n) is 22.4. The van der Waals surface area contributed by atoms with Gasteiger partial charge in [-0.2, -0.15) is 0 Å². The Balaban J connectivity index is 1.64. The second-order valence-electron chi connectivity index (χ2n) is 9.55. The molecule has 0 bridgehead atoms. The molecule has 3 aromatic carbocycles. The van der Waals surface area contributed by atoms with E-state index >= 15 is 0 Å². The first kappa shape index (κ1) is 26.8. The van der Waals surface area contributed by atoms with E-state index in [1.165, 1.54) is 23.5 Å². The number of rotatable bonds is 6. The van der Waals surface area contributed by atoms with Crippen LogP contribution in [-0.2, 0) is 4.79 Å². The fraction of sp³-hybridized carbons (Fsp3) is 0.161. The number of carboxylic acids is 1. The molecule has 8 nitrogen and oxygen atoms in total.